The third kappa shape index (κ3) is 3.87. The number of nitrogens with one attached hydrogen (secondary N) is 2. The van der Waals surface area contributed by atoms with Gasteiger partial charge in [0.05, 0.1) is 6.10 Å². The molecule has 1 fully saturated rings. The third-order valence-electron chi connectivity index (χ3n) is 3.65. The molecule has 1 aliphatic rings. The lowest BCUT2D eigenvalue weighted by Gasteiger charge is -2.13. The number of ether oxygens (including phenoxy) is 1. The van der Waals surface area contributed by atoms with Gasteiger partial charge in [0.1, 0.15) is 18.0 Å². The number of hydrogen-bond donors (Lipinski definition) is 2. The number of hydrogen-bond acceptors (Lipinski definition) is 5. The maximum Gasteiger partial charge on any atom is 0.135 e. The van der Waals surface area contributed by atoms with Gasteiger partial charge in [-0.05, 0) is 43.5 Å². The van der Waals surface area contributed by atoms with Crippen molar-refractivity contribution in [3.8, 4) is 0 Å². The smallest absolute Gasteiger partial charge is 0.135 e. The van der Waals surface area contributed by atoms with E-state index >= 15 is 0 Å². The van der Waals surface area contributed by atoms with E-state index in [1.165, 1.54) is 0 Å². The predicted molar refractivity (Wildman–Crippen MR) is 89.0 cm³/mol. The predicted octanol–water partition coefficient (Wildman–Crippen LogP) is 3.77. The van der Waals surface area contributed by atoms with E-state index in [2.05, 4.69) is 20.6 Å². The van der Waals surface area contributed by atoms with Crippen LogP contribution in [0, 0.1) is 6.92 Å². The van der Waals surface area contributed by atoms with Crippen molar-refractivity contribution in [3.63, 3.8) is 0 Å². The van der Waals surface area contributed by atoms with Gasteiger partial charge in [0.25, 0.3) is 0 Å². The average molecular weight is 319 g/mol. The van der Waals surface area contributed by atoms with Gasteiger partial charge in [-0.25, -0.2) is 9.97 Å². The third-order valence-corrected chi connectivity index (χ3v) is 3.89. The molecule has 1 aromatic heterocycles. The van der Waals surface area contributed by atoms with Crippen molar-refractivity contribution in [2.75, 3.05) is 23.8 Å². The molecule has 2 N–H and O–H groups in total. The maximum absolute atomic E-state index is 5.97. The molecule has 1 aromatic carbocycles. The largest absolute Gasteiger partial charge is 0.376 e. The van der Waals surface area contributed by atoms with E-state index in [4.69, 9.17) is 16.3 Å². The summed E-state index contributed by atoms with van der Waals surface area (Å²) in [6, 6.07) is 7.61. The molecule has 1 atom stereocenters. The molecule has 1 saturated heterocycles. The minimum atomic E-state index is 0.282. The van der Waals surface area contributed by atoms with Crippen molar-refractivity contribution in [3.05, 3.63) is 41.2 Å². The van der Waals surface area contributed by atoms with Gasteiger partial charge in [0.2, 0.25) is 0 Å². The first kappa shape index (κ1) is 15.1. The van der Waals surface area contributed by atoms with Crippen LogP contribution in [0.3, 0.4) is 0 Å². The zero-order valence-corrected chi connectivity index (χ0v) is 13.2. The molecule has 116 valence electrons. The normalized spacial score (nSPS) is 17.5. The van der Waals surface area contributed by atoms with Crippen LogP contribution in [0.5, 0.6) is 0 Å². The Kier molecular flexibility index (Phi) is 4.75. The molecular weight excluding hydrogens is 300 g/mol. The summed E-state index contributed by atoms with van der Waals surface area (Å²) in [5, 5.41) is 7.31. The van der Waals surface area contributed by atoms with Crippen LogP contribution < -0.4 is 10.6 Å². The Hall–Kier alpha value is -1.85. The second-order valence-corrected chi connectivity index (χ2v) is 5.83. The summed E-state index contributed by atoms with van der Waals surface area (Å²) in [5.41, 5.74) is 2.05. The molecule has 0 amide bonds. The molecule has 3 rings (SSSR count). The van der Waals surface area contributed by atoms with Gasteiger partial charge in [-0.1, -0.05) is 11.6 Å². The number of aryl methyl sites for hydroxylation is 1. The molecule has 2 aromatic rings. The molecule has 5 nitrogen and oxygen atoms in total. The van der Waals surface area contributed by atoms with Crippen LogP contribution in [-0.2, 0) is 4.74 Å². The number of nitrogens with zero attached hydrogens (tertiary/aromatic N) is 2. The standard InChI is InChI=1S/C16H19ClN4O/c1-11-7-12(17)4-5-14(11)21-16-8-15(19-10-20-16)18-9-13-3-2-6-22-13/h4-5,7-8,10,13H,2-3,6,9H2,1H3,(H2,18,19,20,21). The van der Waals surface area contributed by atoms with Gasteiger partial charge in [-0.15, -0.1) is 0 Å². The van der Waals surface area contributed by atoms with E-state index in [-0.39, 0.29) is 6.10 Å². The zero-order chi connectivity index (χ0) is 15.4. The number of benzene rings is 1. The fourth-order valence-corrected chi connectivity index (χ4v) is 2.68. The first-order valence-corrected chi connectivity index (χ1v) is 7.79. The van der Waals surface area contributed by atoms with Gasteiger partial charge in [-0.2, -0.15) is 0 Å². The van der Waals surface area contributed by atoms with E-state index in [9.17, 15) is 0 Å². The second-order valence-electron chi connectivity index (χ2n) is 5.39. The van der Waals surface area contributed by atoms with E-state index in [1.807, 2.05) is 31.2 Å². The van der Waals surface area contributed by atoms with E-state index in [0.29, 0.717) is 0 Å². The molecular formula is C16H19ClN4O. The number of halogens is 1. The summed E-state index contributed by atoms with van der Waals surface area (Å²) in [5.74, 6) is 1.54. The van der Waals surface area contributed by atoms with Gasteiger partial charge in [0.15, 0.2) is 0 Å². The summed E-state index contributed by atoms with van der Waals surface area (Å²) < 4.78 is 5.59. The van der Waals surface area contributed by atoms with E-state index < -0.39 is 0 Å². The van der Waals surface area contributed by atoms with E-state index in [0.717, 1.165) is 53.9 Å². The van der Waals surface area contributed by atoms with Crippen LogP contribution in [0.1, 0.15) is 18.4 Å². The fourth-order valence-electron chi connectivity index (χ4n) is 2.45. The molecule has 0 spiro atoms. The molecule has 1 aliphatic heterocycles. The molecule has 1 unspecified atom stereocenters. The van der Waals surface area contributed by atoms with Gasteiger partial charge >= 0.3 is 0 Å². The van der Waals surface area contributed by atoms with Gasteiger partial charge in [-0.3, -0.25) is 0 Å². The van der Waals surface area contributed by atoms with Crippen LogP contribution in [0.25, 0.3) is 0 Å². The average Bonchev–Trinajstić information content (AvgIpc) is 3.02. The highest BCUT2D eigenvalue weighted by atomic mass is 35.5. The van der Waals surface area contributed by atoms with Gasteiger partial charge in [0, 0.05) is 29.9 Å². The van der Waals surface area contributed by atoms with Crippen LogP contribution in [0.15, 0.2) is 30.6 Å². The molecule has 2 heterocycles. The Labute approximate surface area is 135 Å². The van der Waals surface area contributed by atoms with Crippen molar-refractivity contribution in [1.29, 1.82) is 0 Å². The highest BCUT2D eigenvalue weighted by Crippen LogP contribution is 2.23. The number of rotatable bonds is 5. The van der Waals surface area contributed by atoms with Crippen LogP contribution in [0.4, 0.5) is 17.3 Å². The SMILES string of the molecule is Cc1cc(Cl)ccc1Nc1cc(NCC2CCCO2)ncn1. The zero-order valence-electron chi connectivity index (χ0n) is 12.5. The molecule has 0 aliphatic carbocycles. The van der Waals surface area contributed by atoms with Crippen molar-refractivity contribution < 1.29 is 4.74 Å². The number of anilines is 3. The van der Waals surface area contributed by atoms with Crippen molar-refractivity contribution >= 4 is 28.9 Å². The lowest BCUT2D eigenvalue weighted by Crippen LogP contribution is -2.19. The first-order chi connectivity index (χ1) is 10.7. The molecule has 22 heavy (non-hydrogen) atoms. The van der Waals surface area contributed by atoms with Crippen LogP contribution in [0.2, 0.25) is 5.02 Å². The second kappa shape index (κ2) is 6.94. The molecule has 0 bridgehead atoms. The lowest BCUT2D eigenvalue weighted by molar-refractivity contribution is 0.120. The van der Waals surface area contributed by atoms with Crippen LogP contribution >= 0.6 is 11.6 Å². The monoisotopic (exact) mass is 318 g/mol. The lowest BCUT2D eigenvalue weighted by atomic mass is 10.2. The quantitative estimate of drug-likeness (QED) is 0.878. The summed E-state index contributed by atoms with van der Waals surface area (Å²) >= 11 is 5.97. The summed E-state index contributed by atoms with van der Waals surface area (Å²) in [6.07, 6.45) is 4.07. The number of aromatic nitrogens is 2. The Morgan fingerprint density at radius 3 is 2.91 bits per heavy atom. The Morgan fingerprint density at radius 1 is 1.27 bits per heavy atom. The Bertz CT molecular complexity index is 644. The van der Waals surface area contributed by atoms with Crippen molar-refractivity contribution in [1.82, 2.24) is 9.97 Å². The van der Waals surface area contributed by atoms with Crippen molar-refractivity contribution in [2.45, 2.75) is 25.9 Å². The van der Waals surface area contributed by atoms with Crippen LogP contribution in [-0.4, -0.2) is 29.2 Å². The Balaban J connectivity index is 1.65. The summed E-state index contributed by atoms with van der Waals surface area (Å²) in [7, 11) is 0. The summed E-state index contributed by atoms with van der Waals surface area (Å²) in [6.45, 7) is 3.64. The maximum atomic E-state index is 5.97. The van der Waals surface area contributed by atoms with Crippen molar-refractivity contribution in [2.24, 2.45) is 0 Å². The minimum Gasteiger partial charge on any atom is -0.376 e. The topological polar surface area (TPSA) is 59.1 Å². The molecule has 0 radical (unpaired) electrons. The minimum absolute atomic E-state index is 0.282. The van der Waals surface area contributed by atoms with E-state index in [1.54, 1.807) is 6.33 Å². The fraction of sp³-hybridized carbons (Fsp3) is 0.375. The van der Waals surface area contributed by atoms with Gasteiger partial charge < -0.3 is 15.4 Å². The molecule has 0 saturated carbocycles. The first-order valence-electron chi connectivity index (χ1n) is 7.41. The summed E-state index contributed by atoms with van der Waals surface area (Å²) in [4.78, 5) is 8.49. The molecule has 6 heteroatoms. The highest BCUT2D eigenvalue weighted by molar-refractivity contribution is 6.30. The highest BCUT2D eigenvalue weighted by Gasteiger charge is 2.15. The Morgan fingerprint density at radius 2 is 2.14 bits per heavy atom.